The summed E-state index contributed by atoms with van der Waals surface area (Å²) in [5.41, 5.74) is 27.3. The fourth-order valence-corrected chi connectivity index (χ4v) is 21.2. The van der Waals surface area contributed by atoms with Crippen molar-refractivity contribution in [3.8, 4) is 56.1 Å². The third-order valence-corrected chi connectivity index (χ3v) is 27.5. The van der Waals surface area contributed by atoms with E-state index in [2.05, 4.69) is 390 Å². The van der Waals surface area contributed by atoms with Gasteiger partial charge in [0.25, 0.3) is 0 Å². The summed E-state index contributed by atoms with van der Waals surface area (Å²) in [6.07, 6.45) is 0. The number of para-hydroxylation sites is 8. The zero-order chi connectivity index (χ0) is 78.5. The van der Waals surface area contributed by atoms with Crippen LogP contribution in [-0.4, -0.2) is 26.3 Å². The van der Waals surface area contributed by atoms with Crippen molar-refractivity contribution in [1.82, 2.24) is 18.3 Å². The van der Waals surface area contributed by atoms with Crippen molar-refractivity contribution in [2.24, 2.45) is 0 Å². The Balaban J connectivity index is 0.000000101. The highest BCUT2D eigenvalue weighted by molar-refractivity contribution is 6.88. The first kappa shape index (κ1) is 67.1. The number of benzene rings is 20. The average molecular weight is 1540 g/mol. The second-order valence-electron chi connectivity index (χ2n) is 32.9. The smallest absolute Gasteiger partial charge is 0.143 e. The monoisotopic (exact) mass is 1540 g/mol. The topological polar surface area (TPSA) is 59.1 Å². The van der Waals surface area contributed by atoms with Crippen LogP contribution in [0, 0.1) is 0 Å². The van der Waals surface area contributed by atoms with Crippen molar-refractivity contribution in [3.05, 3.63) is 382 Å². The third kappa shape index (κ3) is 10.0. The van der Waals surface area contributed by atoms with Gasteiger partial charge in [-0.25, -0.2) is 0 Å². The van der Waals surface area contributed by atoms with Crippen LogP contribution in [0.2, 0.25) is 19.6 Å². The molecular formula is C111H72N4O3Si. The fraction of sp³-hybridized carbons (Fsp3) is 0.0270. The van der Waals surface area contributed by atoms with E-state index in [0.29, 0.717) is 0 Å². The van der Waals surface area contributed by atoms with E-state index < -0.39 is 8.07 Å². The van der Waals surface area contributed by atoms with Crippen LogP contribution in [0.4, 0.5) is 0 Å². The van der Waals surface area contributed by atoms with Crippen molar-refractivity contribution >= 4 is 199 Å². The molecule has 0 aliphatic carbocycles. The molecule has 7 nitrogen and oxygen atoms in total. The number of nitrogens with zero attached hydrogens (tertiary/aromatic N) is 4. The number of aromatic nitrogens is 4. The van der Waals surface area contributed by atoms with Gasteiger partial charge in [0.05, 0.1) is 52.2 Å². The second kappa shape index (κ2) is 25.6. The minimum absolute atomic E-state index is 0.920. The van der Waals surface area contributed by atoms with E-state index in [4.69, 9.17) is 13.3 Å². The van der Waals surface area contributed by atoms with Crippen LogP contribution >= 0.6 is 0 Å². The summed E-state index contributed by atoms with van der Waals surface area (Å²) in [7, 11) is -1.36. The quantitative estimate of drug-likeness (QED) is 0.113. The molecule has 0 saturated carbocycles. The van der Waals surface area contributed by atoms with Gasteiger partial charge in [0.1, 0.15) is 33.5 Å². The lowest BCUT2D eigenvalue weighted by atomic mass is 9.94. The lowest BCUT2D eigenvalue weighted by Gasteiger charge is -2.17. The zero-order valence-electron chi connectivity index (χ0n) is 65.4. The second-order valence-corrected chi connectivity index (χ2v) is 38.0. The SMILES string of the molecule is C[Si](C)(C)c1ccc(-n2c3cccc4ccc5c(-c6cccc7c6oc6ccccc67)ccc2c5c43)cc1.c1ccc(-n2c3cccc4ccc5c(-c6cccc7c6oc6ccccc67)ccc2c5c43)cc1.c1ccc2c(c1)oc1ccc(-c3ccc4c5c3ccc3cccc(c35)n4-c3ccc(-n4c5ccccc5c5ccccc54)cc3)cc12. The number of rotatable bonds is 8. The van der Waals surface area contributed by atoms with Crippen molar-refractivity contribution in [2.75, 3.05) is 0 Å². The molecule has 558 valence electrons. The molecule has 0 unspecified atom stereocenters. The number of hydrogen-bond acceptors (Lipinski definition) is 3. The van der Waals surface area contributed by atoms with Gasteiger partial charge < -0.3 is 31.5 Å². The van der Waals surface area contributed by atoms with Gasteiger partial charge in [-0.2, -0.15) is 0 Å². The molecule has 20 aromatic carbocycles. The molecule has 0 atom stereocenters. The highest BCUT2D eigenvalue weighted by Gasteiger charge is 2.27. The molecule has 7 aromatic heterocycles. The van der Waals surface area contributed by atoms with E-state index in [1.165, 1.54) is 158 Å². The highest BCUT2D eigenvalue weighted by Crippen LogP contribution is 2.50. The van der Waals surface area contributed by atoms with Gasteiger partial charge in [0.2, 0.25) is 0 Å². The Hall–Kier alpha value is -15.2. The molecule has 0 radical (unpaired) electrons. The summed E-state index contributed by atoms with van der Waals surface area (Å²) < 4.78 is 28.6. The van der Waals surface area contributed by atoms with E-state index >= 15 is 0 Å². The van der Waals surface area contributed by atoms with Crippen LogP contribution in [0.25, 0.3) is 241 Å². The number of furan rings is 3. The Kier molecular flexibility index (Phi) is 14.5. The zero-order valence-corrected chi connectivity index (χ0v) is 66.4. The molecule has 0 N–H and O–H groups in total. The normalized spacial score (nSPS) is 12.3. The molecular weight excluding hydrogens is 1470 g/mol. The van der Waals surface area contributed by atoms with Gasteiger partial charge in [0, 0.05) is 109 Å². The van der Waals surface area contributed by atoms with Crippen molar-refractivity contribution in [1.29, 1.82) is 0 Å². The Morgan fingerprint density at radius 3 is 0.992 bits per heavy atom. The van der Waals surface area contributed by atoms with Crippen LogP contribution < -0.4 is 5.19 Å². The van der Waals surface area contributed by atoms with Gasteiger partial charge in [-0.15, -0.1) is 0 Å². The average Bonchev–Trinajstić information content (AvgIpc) is 1.57. The molecule has 0 aliphatic rings. The summed E-state index contributed by atoms with van der Waals surface area (Å²) in [5, 5.41) is 26.4. The number of hydrogen-bond donors (Lipinski definition) is 0. The van der Waals surface area contributed by atoms with Gasteiger partial charge in [-0.1, -0.05) is 280 Å². The first-order valence-electron chi connectivity index (χ1n) is 41.0. The largest absolute Gasteiger partial charge is 0.456 e. The number of fused-ring (bicyclic) bond motifs is 12. The lowest BCUT2D eigenvalue weighted by molar-refractivity contribution is 0.669. The predicted molar refractivity (Wildman–Crippen MR) is 504 cm³/mol. The van der Waals surface area contributed by atoms with Gasteiger partial charge in [0.15, 0.2) is 0 Å². The maximum atomic E-state index is 6.44. The standard InChI is InChI=1S/C44H26N2O.C35H27NOSi.C32H19NO/c1-4-12-37-32(9-1)33-10-2-5-13-38(33)45(37)29-18-20-30(21-19-29)46-39-14-7-8-27-16-22-35-31(23-24-40(46)44(35)43(27)39)28-17-25-42-36(26-28)34-11-3-6-15-41(34)47-42;1-38(2,3)24-17-15-23(16-18-24)36-30-12-6-8-22-14-19-27-25(20-21-31(36)34(27)33(22)30)28-10-7-11-29-26-9-4-5-13-32(26)37-35(28)29;1-2-9-21(10-3-1)33-27-14-6-8-20-16-17-24-22(18-19-28(33)31(24)30(20)27)25-12-7-13-26-23-11-4-5-15-29(23)34-32(25)26/h1-26H;4-21H,1-3H3;1-19H. The summed E-state index contributed by atoms with van der Waals surface area (Å²) in [5.74, 6) is 0. The van der Waals surface area contributed by atoms with Crippen molar-refractivity contribution in [2.45, 2.75) is 19.6 Å². The fourth-order valence-electron chi connectivity index (χ4n) is 20.1. The Morgan fingerprint density at radius 2 is 0.529 bits per heavy atom. The van der Waals surface area contributed by atoms with Gasteiger partial charge in [-0.3, -0.25) is 0 Å². The molecule has 8 heteroatoms. The van der Waals surface area contributed by atoms with Crippen molar-refractivity contribution in [3.63, 3.8) is 0 Å². The van der Waals surface area contributed by atoms with E-state index in [1.807, 2.05) is 30.3 Å². The first-order chi connectivity index (χ1) is 58.7. The lowest BCUT2D eigenvalue weighted by Crippen LogP contribution is -2.37. The molecule has 27 aromatic rings. The molecule has 0 bridgehead atoms. The van der Waals surface area contributed by atoms with Crippen LogP contribution in [0.3, 0.4) is 0 Å². The third-order valence-electron chi connectivity index (χ3n) is 25.4. The van der Waals surface area contributed by atoms with E-state index in [9.17, 15) is 0 Å². The first-order valence-corrected chi connectivity index (χ1v) is 44.5. The van der Waals surface area contributed by atoms with Crippen LogP contribution in [0.5, 0.6) is 0 Å². The highest BCUT2D eigenvalue weighted by atomic mass is 28.3. The molecule has 7 heterocycles. The molecule has 0 fully saturated rings. The molecule has 0 saturated heterocycles. The van der Waals surface area contributed by atoms with Crippen LogP contribution in [0.15, 0.2) is 395 Å². The summed E-state index contributed by atoms with van der Waals surface area (Å²) >= 11 is 0. The molecule has 119 heavy (non-hydrogen) atoms. The van der Waals surface area contributed by atoms with E-state index in [-0.39, 0.29) is 0 Å². The Bertz CT molecular complexity index is 8730. The van der Waals surface area contributed by atoms with Crippen LogP contribution in [-0.2, 0) is 0 Å². The summed E-state index contributed by atoms with van der Waals surface area (Å²) in [6, 6.07) is 138. The molecule has 0 spiro atoms. The molecule has 0 aliphatic heterocycles. The van der Waals surface area contributed by atoms with E-state index in [0.717, 1.165) is 88.3 Å². The van der Waals surface area contributed by atoms with Crippen molar-refractivity contribution < 1.29 is 13.3 Å². The van der Waals surface area contributed by atoms with E-state index in [1.54, 1.807) is 0 Å². The predicted octanol–water partition coefficient (Wildman–Crippen LogP) is 30.5. The maximum absolute atomic E-state index is 6.44. The minimum Gasteiger partial charge on any atom is -0.456 e. The van der Waals surface area contributed by atoms with Gasteiger partial charge in [-0.05, 0) is 182 Å². The summed E-state index contributed by atoms with van der Waals surface area (Å²) in [6.45, 7) is 7.21. The van der Waals surface area contributed by atoms with Crippen LogP contribution in [0.1, 0.15) is 0 Å². The Labute approximate surface area is 683 Å². The Morgan fingerprint density at radius 1 is 0.193 bits per heavy atom. The minimum atomic E-state index is -1.36. The molecule has 0 amide bonds. The maximum Gasteiger partial charge on any atom is 0.143 e. The summed E-state index contributed by atoms with van der Waals surface area (Å²) in [4.78, 5) is 0. The van der Waals surface area contributed by atoms with Gasteiger partial charge >= 0.3 is 0 Å². The molecule has 27 rings (SSSR count).